The first-order chi connectivity index (χ1) is 4.88. The lowest BCUT2D eigenvalue weighted by molar-refractivity contribution is 0.470. The SMILES string of the molecule is N=c1occ2cccnn12. The Balaban J connectivity index is 3.07. The highest BCUT2D eigenvalue weighted by Crippen LogP contribution is 1.94. The van der Waals surface area contributed by atoms with Gasteiger partial charge in [-0.1, -0.05) is 0 Å². The molecule has 0 saturated heterocycles. The molecule has 2 aromatic rings. The van der Waals surface area contributed by atoms with Gasteiger partial charge in [-0.3, -0.25) is 0 Å². The number of aromatic nitrogens is 2. The predicted octanol–water partition coefficient (Wildman–Crippen LogP) is 0.407. The lowest BCUT2D eigenvalue weighted by atomic mass is 10.5. The largest absolute Gasteiger partial charge is 0.430 e. The van der Waals surface area contributed by atoms with Crippen molar-refractivity contribution in [2.45, 2.75) is 0 Å². The van der Waals surface area contributed by atoms with Crippen molar-refractivity contribution in [1.82, 2.24) is 9.61 Å². The second-order valence-corrected chi connectivity index (χ2v) is 1.90. The van der Waals surface area contributed by atoms with E-state index >= 15 is 0 Å². The van der Waals surface area contributed by atoms with Crippen LogP contribution in [0.4, 0.5) is 0 Å². The molecule has 0 aromatic carbocycles. The third kappa shape index (κ3) is 0.556. The van der Waals surface area contributed by atoms with E-state index in [1.807, 2.05) is 6.07 Å². The number of nitrogens with one attached hydrogen (secondary N) is 1. The normalized spacial score (nSPS) is 10.4. The second-order valence-electron chi connectivity index (χ2n) is 1.90. The fourth-order valence-electron chi connectivity index (χ4n) is 0.809. The average molecular weight is 135 g/mol. The minimum atomic E-state index is 0.0515. The highest BCUT2D eigenvalue weighted by atomic mass is 16.3. The Morgan fingerprint density at radius 1 is 1.60 bits per heavy atom. The first-order valence-corrected chi connectivity index (χ1v) is 2.84. The summed E-state index contributed by atoms with van der Waals surface area (Å²) in [6, 6.07) is 3.62. The molecule has 10 heavy (non-hydrogen) atoms. The van der Waals surface area contributed by atoms with Gasteiger partial charge in [0, 0.05) is 6.20 Å². The van der Waals surface area contributed by atoms with Gasteiger partial charge in [0.1, 0.15) is 11.8 Å². The van der Waals surface area contributed by atoms with Crippen molar-refractivity contribution >= 4 is 5.52 Å². The molecule has 0 amide bonds. The van der Waals surface area contributed by atoms with Gasteiger partial charge in [0.05, 0.1) is 0 Å². The molecule has 2 heterocycles. The van der Waals surface area contributed by atoms with Crippen LogP contribution in [0.3, 0.4) is 0 Å². The molecule has 0 saturated carbocycles. The van der Waals surface area contributed by atoms with Crippen LogP contribution in [0.1, 0.15) is 0 Å². The zero-order valence-corrected chi connectivity index (χ0v) is 5.11. The molecule has 0 fully saturated rings. The quantitative estimate of drug-likeness (QED) is 0.568. The summed E-state index contributed by atoms with van der Waals surface area (Å²) in [7, 11) is 0. The lowest BCUT2D eigenvalue weighted by Crippen LogP contribution is -2.07. The first-order valence-electron chi connectivity index (χ1n) is 2.84. The van der Waals surface area contributed by atoms with E-state index in [0.717, 1.165) is 5.52 Å². The monoisotopic (exact) mass is 135 g/mol. The average Bonchev–Trinajstić information content (AvgIpc) is 2.34. The van der Waals surface area contributed by atoms with Crippen LogP contribution in [-0.2, 0) is 0 Å². The van der Waals surface area contributed by atoms with Gasteiger partial charge in [0.15, 0.2) is 0 Å². The van der Waals surface area contributed by atoms with Gasteiger partial charge < -0.3 is 4.42 Å². The third-order valence-electron chi connectivity index (χ3n) is 1.26. The predicted molar refractivity (Wildman–Crippen MR) is 33.3 cm³/mol. The van der Waals surface area contributed by atoms with E-state index in [4.69, 9.17) is 9.83 Å². The zero-order valence-electron chi connectivity index (χ0n) is 5.11. The van der Waals surface area contributed by atoms with Crippen molar-refractivity contribution in [3.05, 3.63) is 30.3 Å². The van der Waals surface area contributed by atoms with Crippen LogP contribution in [-0.4, -0.2) is 9.61 Å². The number of hydrogen-bond acceptors (Lipinski definition) is 3. The standard InChI is InChI=1S/C6H5N3O/c7-6-9-5(4-10-6)2-1-3-8-9/h1-4,7H. The maximum atomic E-state index is 7.18. The smallest absolute Gasteiger partial charge is 0.315 e. The summed E-state index contributed by atoms with van der Waals surface area (Å²) >= 11 is 0. The highest BCUT2D eigenvalue weighted by molar-refractivity contribution is 5.40. The molecule has 50 valence electrons. The summed E-state index contributed by atoms with van der Waals surface area (Å²) in [5.41, 5.74) is 0.850. The Kier molecular flexibility index (Phi) is 0.887. The summed E-state index contributed by atoms with van der Waals surface area (Å²) in [5.74, 6) is 0. The summed E-state index contributed by atoms with van der Waals surface area (Å²) in [4.78, 5) is 0. The van der Waals surface area contributed by atoms with Gasteiger partial charge in [-0.05, 0) is 12.1 Å². The van der Waals surface area contributed by atoms with Gasteiger partial charge in [-0.25, -0.2) is 5.41 Å². The summed E-state index contributed by atoms with van der Waals surface area (Å²) in [6.45, 7) is 0. The van der Waals surface area contributed by atoms with Crippen LogP contribution in [0.25, 0.3) is 5.52 Å². The minimum Gasteiger partial charge on any atom is -0.430 e. The number of rotatable bonds is 0. The van der Waals surface area contributed by atoms with Crippen molar-refractivity contribution in [1.29, 1.82) is 5.41 Å². The molecule has 0 aliphatic heterocycles. The van der Waals surface area contributed by atoms with E-state index in [-0.39, 0.29) is 5.68 Å². The Morgan fingerprint density at radius 3 is 3.30 bits per heavy atom. The Bertz CT molecular complexity index is 400. The van der Waals surface area contributed by atoms with E-state index in [1.165, 1.54) is 10.8 Å². The molecule has 4 nitrogen and oxygen atoms in total. The van der Waals surface area contributed by atoms with Gasteiger partial charge >= 0.3 is 5.68 Å². The zero-order chi connectivity index (χ0) is 6.97. The van der Waals surface area contributed by atoms with Gasteiger partial charge in [0.25, 0.3) is 0 Å². The molecule has 1 N–H and O–H groups in total. The molecule has 2 rings (SSSR count). The number of fused-ring (bicyclic) bond motifs is 1. The summed E-state index contributed by atoms with van der Waals surface area (Å²) < 4.78 is 6.20. The lowest BCUT2D eigenvalue weighted by Gasteiger charge is -1.84. The Hall–Kier alpha value is -1.58. The summed E-state index contributed by atoms with van der Waals surface area (Å²) in [5, 5.41) is 11.1. The van der Waals surface area contributed by atoms with Crippen LogP contribution in [0, 0.1) is 5.41 Å². The van der Waals surface area contributed by atoms with Crippen molar-refractivity contribution in [3.63, 3.8) is 0 Å². The van der Waals surface area contributed by atoms with Crippen molar-refractivity contribution in [2.75, 3.05) is 0 Å². The molecular weight excluding hydrogens is 130 g/mol. The van der Waals surface area contributed by atoms with Crippen LogP contribution in [0.2, 0.25) is 0 Å². The van der Waals surface area contributed by atoms with E-state index in [9.17, 15) is 0 Å². The molecular formula is C6H5N3O. The van der Waals surface area contributed by atoms with E-state index < -0.39 is 0 Å². The van der Waals surface area contributed by atoms with Crippen LogP contribution < -0.4 is 5.68 Å². The van der Waals surface area contributed by atoms with Crippen molar-refractivity contribution < 1.29 is 4.42 Å². The molecule has 0 atom stereocenters. The third-order valence-corrected chi connectivity index (χ3v) is 1.26. The first kappa shape index (κ1) is 5.22. The number of nitrogens with zero attached hydrogens (tertiary/aromatic N) is 2. The van der Waals surface area contributed by atoms with Gasteiger partial charge in [0.2, 0.25) is 0 Å². The number of hydrogen-bond donors (Lipinski definition) is 1. The topological polar surface area (TPSA) is 54.3 Å². The summed E-state index contributed by atoms with van der Waals surface area (Å²) in [6.07, 6.45) is 3.11. The molecule has 0 spiro atoms. The molecule has 0 bridgehead atoms. The Morgan fingerprint density at radius 2 is 2.50 bits per heavy atom. The molecule has 2 aromatic heterocycles. The fraction of sp³-hybridized carbons (Fsp3) is 0. The van der Waals surface area contributed by atoms with Crippen LogP contribution >= 0.6 is 0 Å². The van der Waals surface area contributed by atoms with Gasteiger partial charge in [-0.2, -0.15) is 9.61 Å². The van der Waals surface area contributed by atoms with Crippen LogP contribution in [0.5, 0.6) is 0 Å². The van der Waals surface area contributed by atoms with Crippen LogP contribution in [0.15, 0.2) is 29.0 Å². The van der Waals surface area contributed by atoms with Gasteiger partial charge in [-0.15, -0.1) is 0 Å². The van der Waals surface area contributed by atoms with E-state index in [2.05, 4.69) is 5.10 Å². The van der Waals surface area contributed by atoms with E-state index in [1.54, 1.807) is 12.3 Å². The molecule has 0 aliphatic rings. The molecule has 4 heteroatoms. The fourth-order valence-corrected chi connectivity index (χ4v) is 0.809. The maximum absolute atomic E-state index is 7.18. The molecule has 0 unspecified atom stereocenters. The second kappa shape index (κ2) is 1.70. The number of oxazole rings is 1. The minimum absolute atomic E-state index is 0.0515. The van der Waals surface area contributed by atoms with E-state index in [0.29, 0.717) is 0 Å². The molecule has 0 radical (unpaired) electrons. The highest BCUT2D eigenvalue weighted by Gasteiger charge is 1.93. The molecule has 0 aliphatic carbocycles. The maximum Gasteiger partial charge on any atom is 0.315 e. The van der Waals surface area contributed by atoms with Crippen molar-refractivity contribution in [3.8, 4) is 0 Å². The Labute approximate surface area is 56.2 Å². The van der Waals surface area contributed by atoms with Crippen molar-refractivity contribution in [2.24, 2.45) is 0 Å².